The minimum absolute atomic E-state index is 0.0224. The van der Waals surface area contributed by atoms with Crippen LogP contribution >= 0.6 is 0 Å². The second kappa shape index (κ2) is 8.89. The van der Waals surface area contributed by atoms with Gasteiger partial charge in [-0.15, -0.1) is 0 Å². The van der Waals surface area contributed by atoms with E-state index >= 15 is 0 Å². The lowest BCUT2D eigenvalue weighted by Gasteiger charge is -2.36. The summed E-state index contributed by atoms with van der Waals surface area (Å²) in [6.07, 6.45) is 3.64. The monoisotopic (exact) mass is 445 g/mol. The average molecular weight is 446 g/mol. The van der Waals surface area contributed by atoms with Crippen LogP contribution < -0.4 is 9.47 Å². The molecule has 1 N–H and O–H groups in total. The van der Waals surface area contributed by atoms with Gasteiger partial charge in [0.05, 0.1) is 30.5 Å². The summed E-state index contributed by atoms with van der Waals surface area (Å²) in [4.78, 5) is 17.4. The molecular formula is C28H31NO4. The Kier molecular flexibility index (Phi) is 6.15. The highest BCUT2D eigenvalue weighted by Gasteiger charge is 2.35. The number of pyridine rings is 1. The van der Waals surface area contributed by atoms with Gasteiger partial charge < -0.3 is 14.6 Å². The maximum atomic E-state index is 12.4. The number of hydrogen-bond donors (Lipinski definition) is 1. The van der Waals surface area contributed by atoms with Crippen molar-refractivity contribution >= 4 is 28.5 Å². The molecule has 0 radical (unpaired) electrons. The number of carboxylic acid groups (broad SMARTS) is 1. The van der Waals surface area contributed by atoms with E-state index in [0.29, 0.717) is 46.9 Å². The zero-order chi connectivity index (χ0) is 23.8. The molecule has 1 atom stereocenters. The third kappa shape index (κ3) is 4.45. The van der Waals surface area contributed by atoms with Crippen molar-refractivity contribution in [2.45, 2.75) is 40.5 Å². The van der Waals surface area contributed by atoms with Crippen molar-refractivity contribution in [3.8, 4) is 11.5 Å². The molecule has 1 aromatic heterocycles. The van der Waals surface area contributed by atoms with Crippen LogP contribution in [-0.2, 0) is 6.42 Å². The number of para-hydroxylation sites is 1. The van der Waals surface area contributed by atoms with E-state index in [0.717, 1.165) is 28.8 Å². The molecular weight excluding hydrogens is 414 g/mol. The van der Waals surface area contributed by atoms with Crippen LogP contribution in [0.1, 0.15) is 61.3 Å². The Labute approximate surface area is 195 Å². The predicted octanol–water partition coefficient (Wildman–Crippen LogP) is 6.49. The molecule has 0 amide bonds. The summed E-state index contributed by atoms with van der Waals surface area (Å²) in [6, 6.07) is 13.4. The molecule has 3 aromatic rings. The minimum Gasteiger partial charge on any atom is -0.493 e. The number of nitrogens with zero attached hydrogens (tertiary/aromatic N) is 1. The molecule has 1 unspecified atom stereocenters. The summed E-state index contributed by atoms with van der Waals surface area (Å²) < 4.78 is 11.2. The van der Waals surface area contributed by atoms with Gasteiger partial charge in [-0.25, -0.2) is 9.78 Å². The lowest BCUT2D eigenvalue weighted by atomic mass is 9.69. The summed E-state index contributed by atoms with van der Waals surface area (Å²) in [5.74, 6) is 0.770. The van der Waals surface area contributed by atoms with Crippen LogP contribution in [0.5, 0.6) is 11.5 Å². The Morgan fingerprint density at radius 2 is 1.91 bits per heavy atom. The Morgan fingerprint density at radius 1 is 1.15 bits per heavy atom. The van der Waals surface area contributed by atoms with Crippen molar-refractivity contribution in [2.75, 3.05) is 13.7 Å². The van der Waals surface area contributed by atoms with Gasteiger partial charge in [-0.1, -0.05) is 45.0 Å². The Hall–Kier alpha value is -3.34. The fourth-order valence-electron chi connectivity index (χ4n) is 4.63. The summed E-state index contributed by atoms with van der Waals surface area (Å²) >= 11 is 0. The van der Waals surface area contributed by atoms with Gasteiger partial charge in [0.1, 0.15) is 0 Å². The highest BCUT2D eigenvalue weighted by molar-refractivity contribution is 6.06. The number of benzene rings is 2. The Morgan fingerprint density at radius 3 is 2.58 bits per heavy atom. The van der Waals surface area contributed by atoms with Crippen LogP contribution in [0.3, 0.4) is 0 Å². The summed E-state index contributed by atoms with van der Waals surface area (Å²) in [5.41, 5.74) is 4.75. The average Bonchev–Trinajstić information content (AvgIpc) is 2.77. The molecule has 2 aromatic carbocycles. The largest absolute Gasteiger partial charge is 0.493 e. The predicted molar refractivity (Wildman–Crippen MR) is 132 cm³/mol. The zero-order valence-electron chi connectivity index (χ0n) is 19.9. The van der Waals surface area contributed by atoms with Crippen LogP contribution in [0.4, 0.5) is 0 Å². The summed E-state index contributed by atoms with van der Waals surface area (Å²) in [6.45, 7) is 9.14. The summed E-state index contributed by atoms with van der Waals surface area (Å²) in [7, 11) is 1.63. The molecule has 1 aliphatic carbocycles. The molecule has 1 heterocycles. The molecule has 5 heteroatoms. The van der Waals surface area contributed by atoms with Crippen molar-refractivity contribution in [3.05, 3.63) is 64.8 Å². The molecule has 0 bridgehead atoms. The van der Waals surface area contributed by atoms with Crippen molar-refractivity contribution in [3.63, 3.8) is 0 Å². The molecule has 0 fully saturated rings. The standard InChI is InChI=1S/C28H31NO4/c1-6-33-24-14-17(11-12-23(24)32-5)13-18-15-19(28(2,3)4)16-21-25(27(30)31)20-9-7-8-10-22(20)29-26(18)21/h7-14,19H,6,15-16H2,1-5H3,(H,30,31). The first-order valence-corrected chi connectivity index (χ1v) is 11.4. The third-order valence-corrected chi connectivity index (χ3v) is 6.48. The van der Waals surface area contributed by atoms with E-state index in [4.69, 9.17) is 14.5 Å². The molecule has 33 heavy (non-hydrogen) atoms. The van der Waals surface area contributed by atoms with Crippen molar-refractivity contribution < 1.29 is 19.4 Å². The van der Waals surface area contributed by atoms with Gasteiger partial charge in [0, 0.05) is 5.39 Å². The van der Waals surface area contributed by atoms with Crippen LogP contribution in [0.15, 0.2) is 42.5 Å². The van der Waals surface area contributed by atoms with Crippen molar-refractivity contribution in [2.24, 2.45) is 11.3 Å². The molecule has 0 aliphatic heterocycles. The first kappa shape index (κ1) is 22.8. The maximum absolute atomic E-state index is 12.4. The fourth-order valence-corrected chi connectivity index (χ4v) is 4.63. The van der Waals surface area contributed by atoms with Crippen LogP contribution in [-0.4, -0.2) is 29.8 Å². The van der Waals surface area contributed by atoms with Crippen LogP contribution in [0, 0.1) is 11.3 Å². The first-order chi connectivity index (χ1) is 15.7. The van der Waals surface area contributed by atoms with E-state index in [1.807, 2.05) is 49.4 Å². The topological polar surface area (TPSA) is 68.7 Å². The second-order valence-corrected chi connectivity index (χ2v) is 9.62. The smallest absolute Gasteiger partial charge is 0.336 e. The number of aromatic carboxylic acids is 1. The highest BCUT2D eigenvalue weighted by atomic mass is 16.5. The van der Waals surface area contributed by atoms with Crippen LogP contribution in [0.2, 0.25) is 0 Å². The Bertz CT molecular complexity index is 1240. The van der Waals surface area contributed by atoms with Crippen LogP contribution in [0.25, 0.3) is 22.6 Å². The van der Waals surface area contributed by atoms with Gasteiger partial charge in [0.15, 0.2) is 11.5 Å². The van der Waals surface area contributed by atoms with Gasteiger partial charge >= 0.3 is 5.97 Å². The number of rotatable bonds is 5. The molecule has 0 saturated heterocycles. The zero-order valence-corrected chi connectivity index (χ0v) is 19.9. The number of hydrogen-bond acceptors (Lipinski definition) is 4. The molecule has 0 spiro atoms. The highest BCUT2D eigenvalue weighted by Crippen LogP contribution is 2.45. The maximum Gasteiger partial charge on any atom is 0.336 e. The first-order valence-electron chi connectivity index (χ1n) is 11.4. The number of ether oxygens (including phenoxy) is 2. The van der Waals surface area contributed by atoms with Crippen molar-refractivity contribution in [1.29, 1.82) is 0 Å². The van der Waals surface area contributed by atoms with Gasteiger partial charge in [0.25, 0.3) is 0 Å². The number of carbonyl (C=O) groups is 1. The normalized spacial score (nSPS) is 17.1. The van der Waals surface area contributed by atoms with E-state index in [1.54, 1.807) is 7.11 Å². The molecule has 5 nitrogen and oxygen atoms in total. The van der Waals surface area contributed by atoms with Gasteiger partial charge in [-0.05, 0) is 72.1 Å². The van der Waals surface area contributed by atoms with Crippen molar-refractivity contribution in [1.82, 2.24) is 4.98 Å². The fraction of sp³-hybridized carbons (Fsp3) is 0.357. The Balaban J connectivity index is 1.95. The quantitative estimate of drug-likeness (QED) is 0.486. The third-order valence-electron chi connectivity index (χ3n) is 6.48. The number of methoxy groups -OCH3 is 1. The van der Waals surface area contributed by atoms with Gasteiger partial charge in [-0.2, -0.15) is 0 Å². The minimum atomic E-state index is -0.901. The molecule has 172 valence electrons. The van der Waals surface area contributed by atoms with Gasteiger partial charge in [0.2, 0.25) is 0 Å². The van der Waals surface area contributed by atoms with Gasteiger partial charge in [-0.3, -0.25) is 0 Å². The molecule has 1 aliphatic rings. The number of fused-ring (bicyclic) bond motifs is 2. The molecule has 4 rings (SSSR count). The van der Waals surface area contributed by atoms with E-state index in [2.05, 4.69) is 26.8 Å². The number of carboxylic acids is 1. The van der Waals surface area contributed by atoms with E-state index < -0.39 is 5.97 Å². The second-order valence-electron chi connectivity index (χ2n) is 9.62. The van der Waals surface area contributed by atoms with E-state index in [1.165, 1.54) is 0 Å². The lowest BCUT2D eigenvalue weighted by molar-refractivity contribution is 0.0696. The molecule has 0 saturated carbocycles. The lowest BCUT2D eigenvalue weighted by Crippen LogP contribution is -2.28. The number of allylic oxidation sites excluding steroid dienone is 1. The summed E-state index contributed by atoms with van der Waals surface area (Å²) in [5, 5.41) is 10.9. The number of aromatic nitrogens is 1. The van der Waals surface area contributed by atoms with E-state index in [-0.39, 0.29) is 5.41 Å². The SMILES string of the molecule is CCOc1cc(C=C2CC(C(C)(C)C)Cc3c2nc2ccccc2c3C(=O)O)ccc1OC. The van der Waals surface area contributed by atoms with E-state index in [9.17, 15) is 9.90 Å².